The smallest absolute Gasteiger partial charge is 0.207 e. The normalized spacial score (nSPS) is 48.9. The second kappa shape index (κ2) is 17.0. The molecular formula is C28H46N4O17. The fourth-order valence-corrected chi connectivity index (χ4v) is 6.58. The maximum atomic E-state index is 11.5. The van der Waals surface area contributed by atoms with Gasteiger partial charge in [-0.3, -0.25) is 19.2 Å². The molecule has 4 amide bonds. The highest BCUT2D eigenvalue weighted by Gasteiger charge is 2.55. The number of aliphatic hydroxyl groups is 6. The number of hydrogen-bond donors (Lipinski definition) is 10. The number of aliphatic hydroxyl groups excluding tert-OH is 6. The van der Waals surface area contributed by atoms with Crippen LogP contribution in [0.1, 0.15) is 27.7 Å². The van der Waals surface area contributed by atoms with Crippen molar-refractivity contribution in [2.45, 2.75) is 150 Å². The van der Waals surface area contributed by atoms with Gasteiger partial charge in [-0.25, -0.2) is 0 Å². The van der Waals surface area contributed by atoms with Gasteiger partial charge < -0.3 is 85.1 Å². The van der Waals surface area contributed by atoms with Crippen LogP contribution >= 0.6 is 0 Å². The fraction of sp³-hybridized carbons (Fsp3) is 0.857. The molecule has 0 radical (unpaired) electrons. The Morgan fingerprint density at radius 3 is 1.14 bits per heavy atom. The molecule has 0 aromatic heterocycles. The summed E-state index contributed by atoms with van der Waals surface area (Å²) in [7, 11) is 0. The summed E-state index contributed by atoms with van der Waals surface area (Å²) < 4.78 is 41.0. The van der Waals surface area contributed by atoms with Gasteiger partial charge in [0.1, 0.15) is 48.8 Å². The minimum absolute atomic E-state index is 0.315. The van der Waals surface area contributed by atoms with Gasteiger partial charge in [-0.05, 0) is 27.7 Å². The standard InChI is InChI=1S/C28H46N4O17/c1-9-14(30-6-34)18(38)22(25(42)43-9)47-27-24(20(40)16(32-8-36)11(3)45-27)49-28-23(19(39)15(31-7-35)12(4)46-28)48-26-21(41)17(37)13(29-5-33)10(2)44-26/h5-28,37-42H,1-4H3,(H,29,33)(H,30,34)(H,31,35)(H,32,36)/t9-,10-,11-,12-,13-,14-,15-,16-,17+,18+,19+,20+,21+,22+,23+,24+,25+,26-,27-,28-/m1/s1. The highest BCUT2D eigenvalue weighted by molar-refractivity contribution is 5.48. The van der Waals surface area contributed by atoms with Crippen LogP contribution in [0.2, 0.25) is 0 Å². The van der Waals surface area contributed by atoms with E-state index in [2.05, 4.69) is 21.3 Å². The predicted molar refractivity (Wildman–Crippen MR) is 156 cm³/mol. The first-order chi connectivity index (χ1) is 23.3. The van der Waals surface area contributed by atoms with Crippen molar-refractivity contribution in [3.63, 3.8) is 0 Å². The summed E-state index contributed by atoms with van der Waals surface area (Å²) in [6.07, 6.45) is -22.1. The van der Waals surface area contributed by atoms with E-state index in [0.717, 1.165) is 0 Å². The van der Waals surface area contributed by atoms with E-state index in [4.69, 9.17) is 33.2 Å². The number of carbonyl (C=O) groups excluding carboxylic acids is 4. The average Bonchev–Trinajstić information content (AvgIpc) is 3.05. The van der Waals surface area contributed by atoms with Crippen molar-refractivity contribution in [2.24, 2.45) is 0 Å². The van der Waals surface area contributed by atoms with Gasteiger partial charge >= 0.3 is 0 Å². The van der Waals surface area contributed by atoms with E-state index in [1.54, 1.807) is 0 Å². The molecule has 10 N–H and O–H groups in total. The van der Waals surface area contributed by atoms with Crippen molar-refractivity contribution >= 4 is 25.6 Å². The number of nitrogens with one attached hydrogen (secondary N) is 4. The molecule has 4 aliphatic rings. The molecular weight excluding hydrogens is 664 g/mol. The number of carbonyl (C=O) groups is 4. The zero-order chi connectivity index (χ0) is 36.2. The fourth-order valence-electron chi connectivity index (χ4n) is 6.58. The van der Waals surface area contributed by atoms with Gasteiger partial charge in [-0.2, -0.15) is 0 Å². The largest absolute Gasteiger partial charge is 0.388 e. The van der Waals surface area contributed by atoms with Crippen LogP contribution in [0.25, 0.3) is 0 Å². The van der Waals surface area contributed by atoms with E-state index in [1.807, 2.05) is 0 Å². The SMILES string of the molecule is C[C@H]1O[C@H](O[C@@H]2[C@@H](O[C@@H]3[C@@H](O[C@H]4[C@@H](O)[C@H](NC=O)[C@@H](C)O[C@@H]4O)O[C@H](C)[C@@H](NC=O)[C@@H]3O)O[C@H](C)[C@@H](NC=O)[C@@H]2O)[C@@H](O)[C@@H](O)[C@@H]1NC=O. The molecule has 49 heavy (non-hydrogen) atoms. The van der Waals surface area contributed by atoms with Crippen LogP contribution < -0.4 is 21.3 Å². The third kappa shape index (κ3) is 8.30. The zero-order valence-corrected chi connectivity index (χ0v) is 27.0. The van der Waals surface area contributed by atoms with Crippen LogP contribution in [0.5, 0.6) is 0 Å². The Balaban J connectivity index is 1.64. The number of rotatable bonds is 14. The monoisotopic (exact) mass is 710 g/mol. The second-order valence-corrected chi connectivity index (χ2v) is 12.4. The van der Waals surface area contributed by atoms with Gasteiger partial charge in [0.05, 0.1) is 48.6 Å². The summed E-state index contributed by atoms with van der Waals surface area (Å²) in [5.74, 6) is 0. The molecule has 0 bridgehead atoms. The molecule has 21 nitrogen and oxygen atoms in total. The van der Waals surface area contributed by atoms with E-state index in [0.29, 0.717) is 25.6 Å². The predicted octanol–water partition coefficient (Wildman–Crippen LogP) is -6.62. The van der Waals surface area contributed by atoms with Crippen molar-refractivity contribution in [1.29, 1.82) is 0 Å². The molecule has 4 fully saturated rings. The van der Waals surface area contributed by atoms with Crippen LogP contribution in [-0.4, -0.2) is 179 Å². The summed E-state index contributed by atoms with van der Waals surface area (Å²) in [5, 5.41) is 75.6. The lowest BCUT2D eigenvalue weighted by Gasteiger charge is -2.50. The minimum Gasteiger partial charge on any atom is -0.388 e. The van der Waals surface area contributed by atoms with E-state index in [9.17, 15) is 49.8 Å². The van der Waals surface area contributed by atoms with E-state index in [1.165, 1.54) is 27.7 Å². The molecule has 4 saturated heterocycles. The number of ether oxygens (including phenoxy) is 7. The second-order valence-electron chi connectivity index (χ2n) is 12.4. The first-order valence-electron chi connectivity index (χ1n) is 15.7. The van der Waals surface area contributed by atoms with Gasteiger partial charge in [0.15, 0.2) is 25.2 Å². The van der Waals surface area contributed by atoms with Crippen molar-refractivity contribution in [3.05, 3.63) is 0 Å². The summed E-state index contributed by atoms with van der Waals surface area (Å²) in [4.78, 5) is 45.0. The first-order valence-corrected chi connectivity index (χ1v) is 15.7. The van der Waals surface area contributed by atoms with Gasteiger partial charge in [-0.15, -0.1) is 0 Å². The Labute approximate surface area is 280 Å². The van der Waals surface area contributed by atoms with Crippen molar-refractivity contribution < 1.29 is 83.0 Å². The molecule has 21 heteroatoms. The Morgan fingerprint density at radius 2 is 0.735 bits per heavy atom. The van der Waals surface area contributed by atoms with E-state index < -0.39 is 123 Å². The molecule has 0 unspecified atom stereocenters. The molecule has 4 heterocycles. The Hall–Kier alpha value is -2.64. The van der Waals surface area contributed by atoms with Crippen molar-refractivity contribution in [2.75, 3.05) is 0 Å². The van der Waals surface area contributed by atoms with Crippen LogP contribution in [0, 0.1) is 0 Å². The maximum absolute atomic E-state index is 11.5. The van der Waals surface area contributed by atoms with Crippen LogP contribution in [0.15, 0.2) is 0 Å². The number of hydrogen-bond acceptors (Lipinski definition) is 17. The van der Waals surface area contributed by atoms with Gasteiger partial charge in [0.25, 0.3) is 0 Å². The molecule has 280 valence electrons. The molecule has 0 aliphatic carbocycles. The Kier molecular flexibility index (Phi) is 13.6. The Bertz CT molecular complexity index is 1110. The first kappa shape index (κ1) is 39.2. The quantitative estimate of drug-likeness (QED) is 0.0749. The van der Waals surface area contributed by atoms with Crippen molar-refractivity contribution in [3.8, 4) is 0 Å². The molecule has 0 aromatic rings. The zero-order valence-electron chi connectivity index (χ0n) is 27.0. The highest BCUT2D eigenvalue weighted by Crippen LogP contribution is 2.34. The number of amides is 4. The summed E-state index contributed by atoms with van der Waals surface area (Å²) in [5.41, 5.74) is 0. The average molecular weight is 711 g/mol. The molecule has 0 saturated carbocycles. The van der Waals surface area contributed by atoms with Gasteiger partial charge in [-0.1, -0.05) is 0 Å². The molecule has 4 aliphatic heterocycles. The van der Waals surface area contributed by atoms with Gasteiger partial charge in [0.2, 0.25) is 25.6 Å². The van der Waals surface area contributed by atoms with E-state index in [-0.39, 0.29) is 0 Å². The van der Waals surface area contributed by atoms with Crippen molar-refractivity contribution in [1.82, 2.24) is 21.3 Å². The highest BCUT2D eigenvalue weighted by atomic mass is 16.8. The van der Waals surface area contributed by atoms with Crippen LogP contribution in [-0.2, 0) is 52.3 Å². The summed E-state index contributed by atoms with van der Waals surface area (Å²) in [6.45, 7) is 5.96. The minimum atomic E-state index is -1.77. The molecule has 0 spiro atoms. The molecule has 4 rings (SSSR count). The van der Waals surface area contributed by atoms with Crippen LogP contribution in [0.3, 0.4) is 0 Å². The summed E-state index contributed by atoms with van der Waals surface area (Å²) in [6, 6.07) is -4.26. The summed E-state index contributed by atoms with van der Waals surface area (Å²) >= 11 is 0. The maximum Gasteiger partial charge on any atom is 0.207 e. The third-order valence-corrected chi connectivity index (χ3v) is 9.27. The Morgan fingerprint density at radius 1 is 0.429 bits per heavy atom. The third-order valence-electron chi connectivity index (χ3n) is 9.27. The molecule has 0 aromatic carbocycles. The lowest BCUT2D eigenvalue weighted by molar-refractivity contribution is -0.386. The van der Waals surface area contributed by atoms with Gasteiger partial charge in [0, 0.05) is 0 Å². The molecule has 20 atom stereocenters. The lowest BCUT2D eigenvalue weighted by atomic mass is 9.94. The topological polar surface area (TPSA) is 302 Å². The van der Waals surface area contributed by atoms with Crippen LogP contribution in [0.4, 0.5) is 0 Å². The lowest BCUT2D eigenvalue weighted by Crippen LogP contribution is -2.69. The van der Waals surface area contributed by atoms with E-state index >= 15 is 0 Å².